The molecule has 6 heteroatoms. The van der Waals surface area contributed by atoms with Gasteiger partial charge in [-0.25, -0.2) is 4.79 Å². The van der Waals surface area contributed by atoms with Crippen LogP contribution in [-0.4, -0.2) is 28.4 Å². The van der Waals surface area contributed by atoms with Crippen molar-refractivity contribution in [1.29, 1.82) is 5.26 Å². The summed E-state index contributed by atoms with van der Waals surface area (Å²) in [6.07, 6.45) is 0. The van der Waals surface area contributed by atoms with Gasteiger partial charge in [0.1, 0.15) is 11.8 Å². The van der Waals surface area contributed by atoms with E-state index in [1.54, 1.807) is 12.1 Å². The Labute approximate surface area is 133 Å². The Morgan fingerprint density at radius 1 is 1.59 bits per heavy atom. The monoisotopic (exact) mass is 320 g/mol. The zero-order valence-corrected chi connectivity index (χ0v) is 13.7. The molecule has 1 aliphatic rings. The molecule has 0 amide bonds. The van der Waals surface area contributed by atoms with Gasteiger partial charge in [0.15, 0.2) is 0 Å². The van der Waals surface area contributed by atoms with E-state index >= 15 is 0 Å². The summed E-state index contributed by atoms with van der Waals surface area (Å²) >= 11 is 0. The first-order chi connectivity index (χ1) is 10.4. The average Bonchev–Trinajstić information content (AvgIpc) is 2.86. The lowest BCUT2D eigenvalue weighted by molar-refractivity contribution is 0.222. The average molecular weight is 320 g/mol. The maximum absolute atomic E-state index is 11.4. The summed E-state index contributed by atoms with van der Waals surface area (Å²) < 4.78 is 8.67. The molecule has 118 valence electrons. The summed E-state index contributed by atoms with van der Waals surface area (Å²) in [4.78, 5) is 12.2. The summed E-state index contributed by atoms with van der Waals surface area (Å²) in [5, 5.41) is 17.8. The Morgan fingerprint density at radius 2 is 2.32 bits per heavy atom. The first-order valence-corrected chi connectivity index (χ1v) is 8.41. The maximum atomic E-state index is 11.4. The van der Waals surface area contributed by atoms with Crippen LogP contribution in [0, 0.1) is 23.2 Å². The highest BCUT2D eigenvalue weighted by Gasteiger charge is 2.26. The van der Waals surface area contributed by atoms with Gasteiger partial charge in [0, 0.05) is 17.3 Å². The minimum atomic E-state index is -0.993. The molecule has 0 aliphatic carbocycles. The number of hydrogen-bond acceptors (Lipinski definition) is 4. The van der Waals surface area contributed by atoms with E-state index in [9.17, 15) is 15.2 Å². The van der Waals surface area contributed by atoms with Crippen LogP contribution in [0.5, 0.6) is 5.75 Å². The van der Waals surface area contributed by atoms with Gasteiger partial charge in [-0.3, -0.25) is 4.72 Å². The lowest BCUT2D eigenvalue weighted by atomic mass is 9.99. The number of nitriles is 1. The van der Waals surface area contributed by atoms with E-state index < -0.39 is 16.0 Å². The second-order valence-corrected chi connectivity index (χ2v) is 7.40. The number of nitrogens with one attached hydrogen (secondary N) is 1. The minimum Gasteiger partial charge on any atom is -0.492 e. The van der Waals surface area contributed by atoms with Crippen molar-refractivity contribution >= 4 is 20.8 Å². The van der Waals surface area contributed by atoms with Gasteiger partial charge in [-0.15, -0.1) is 0 Å². The zero-order chi connectivity index (χ0) is 16.3. The Kier molecular flexibility index (Phi) is 5.22. The molecule has 1 aromatic carbocycles. The van der Waals surface area contributed by atoms with Crippen molar-refractivity contribution in [3.8, 4) is 11.8 Å². The number of carboxylic acid groups (broad SMARTS) is 1. The molecular formula is C16H20N2O3S. The van der Waals surface area contributed by atoms with Crippen LogP contribution in [-0.2, 0) is 0 Å². The topological polar surface area (TPSA) is 82.3 Å². The first-order valence-electron chi connectivity index (χ1n) is 7.19. The third-order valence-electron chi connectivity index (χ3n) is 3.33. The Balaban J connectivity index is 2.39. The first kappa shape index (κ1) is 16.5. The quantitative estimate of drug-likeness (QED) is 0.832. The molecule has 2 atom stereocenters. The molecule has 1 aliphatic heterocycles. The van der Waals surface area contributed by atoms with E-state index in [2.05, 4.69) is 10.8 Å². The Hall–Kier alpha value is -1.84. The summed E-state index contributed by atoms with van der Waals surface area (Å²) in [6, 6.07) is 7.48. The highest BCUT2D eigenvalue weighted by Crippen LogP contribution is 2.30. The van der Waals surface area contributed by atoms with E-state index in [0.29, 0.717) is 30.4 Å². The van der Waals surface area contributed by atoms with Crippen LogP contribution >= 0.6 is 10.7 Å². The van der Waals surface area contributed by atoms with Gasteiger partial charge < -0.3 is 9.84 Å². The standard InChI is InChI=1S/C16H20N2O3S/c1-10(2)9-21-14-5-4-12(6-13(14)7-17)15-11(3)8-18-22(15)16(19)20/h4-6,10-11,18H,8-9H2,1-3H3,(H,19,20). The number of nitrogens with zero attached hydrogens (tertiary/aromatic N) is 1. The van der Waals surface area contributed by atoms with Crippen molar-refractivity contribution in [3.63, 3.8) is 0 Å². The normalized spacial score (nSPS) is 21.0. The summed E-state index contributed by atoms with van der Waals surface area (Å²) in [6.45, 7) is 7.26. The van der Waals surface area contributed by atoms with E-state index in [0.717, 1.165) is 10.4 Å². The molecule has 2 rings (SSSR count). The van der Waals surface area contributed by atoms with Crippen molar-refractivity contribution < 1.29 is 14.6 Å². The van der Waals surface area contributed by atoms with E-state index in [1.807, 2.05) is 26.8 Å². The van der Waals surface area contributed by atoms with Crippen LogP contribution in [0.1, 0.15) is 31.9 Å². The fraction of sp³-hybridized carbons (Fsp3) is 0.438. The fourth-order valence-corrected chi connectivity index (χ4v) is 4.02. The van der Waals surface area contributed by atoms with Crippen molar-refractivity contribution in [2.45, 2.75) is 20.8 Å². The Bertz CT molecular complexity index is 662. The predicted molar refractivity (Wildman–Crippen MR) is 88.4 cm³/mol. The molecule has 0 radical (unpaired) electrons. The van der Waals surface area contributed by atoms with Crippen molar-refractivity contribution in [2.24, 2.45) is 11.8 Å². The highest BCUT2D eigenvalue weighted by molar-refractivity contribution is 8.27. The Morgan fingerprint density at radius 3 is 2.91 bits per heavy atom. The van der Waals surface area contributed by atoms with Crippen molar-refractivity contribution in [3.05, 3.63) is 29.3 Å². The van der Waals surface area contributed by atoms with Gasteiger partial charge in [-0.1, -0.05) is 26.8 Å². The van der Waals surface area contributed by atoms with Gasteiger partial charge >= 0.3 is 5.30 Å². The third kappa shape index (κ3) is 3.49. The molecule has 0 saturated carbocycles. The molecule has 0 aromatic heterocycles. The molecule has 1 heterocycles. The van der Waals surface area contributed by atoms with E-state index in [1.165, 1.54) is 0 Å². The number of benzene rings is 1. The lowest BCUT2D eigenvalue weighted by Crippen LogP contribution is -2.13. The second-order valence-electron chi connectivity index (χ2n) is 5.71. The van der Waals surface area contributed by atoms with Crippen molar-refractivity contribution in [1.82, 2.24) is 4.72 Å². The number of ether oxygens (including phenoxy) is 1. The van der Waals surface area contributed by atoms with Gasteiger partial charge in [0.05, 0.1) is 12.2 Å². The molecular weight excluding hydrogens is 300 g/mol. The molecule has 2 N–H and O–H groups in total. The van der Waals surface area contributed by atoms with Crippen LogP contribution in [0.2, 0.25) is 0 Å². The van der Waals surface area contributed by atoms with Gasteiger partial charge in [-0.2, -0.15) is 5.26 Å². The van der Waals surface area contributed by atoms with Crippen LogP contribution in [0.25, 0.3) is 0 Å². The van der Waals surface area contributed by atoms with Gasteiger partial charge in [0.2, 0.25) is 0 Å². The summed E-state index contributed by atoms with van der Waals surface area (Å²) in [7, 11) is -0.993. The third-order valence-corrected chi connectivity index (χ3v) is 5.22. The molecule has 1 aromatic rings. The zero-order valence-electron chi connectivity index (χ0n) is 12.9. The van der Waals surface area contributed by atoms with E-state index in [-0.39, 0.29) is 5.92 Å². The van der Waals surface area contributed by atoms with Crippen LogP contribution < -0.4 is 9.46 Å². The number of carbonyl (C=O) groups is 1. The van der Waals surface area contributed by atoms with Gasteiger partial charge in [0.25, 0.3) is 0 Å². The second kappa shape index (κ2) is 6.95. The maximum Gasteiger partial charge on any atom is 0.373 e. The molecule has 2 unspecified atom stereocenters. The summed E-state index contributed by atoms with van der Waals surface area (Å²) in [5.41, 5.74) is 1.25. The molecule has 0 spiro atoms. The molecule has 22 heavy (non-hydrogen) atoms. The van der Waals surface area contributed by atoms with Crippen molar-refractivity contribution in [2.75, 3.05) is 13.2 Å². The smallest absolute Gasteiger partial charge is 0.373 e. The summed E-state index contributed by atoms with van der Waals surface area (Å²) in [5.74, 6) is 1.06. The molecule has 0 bridgehead atoms. The van der Waals surface area contributed by atoms with Gasteiger partial charge in [-0.05, 0) is 34.3 Å². The van der Waals surface area contributed by atoms with E-state index in [4.69, 9.17) is 4.74 Å². The molecule has 0 fully saturated rings. The van der Waals surface area contributed by atoms with Crippen LogP contribution in [0.15, 0.2) is 18.2 Å². The molecule has 5 nitrogen and oxygen atoms in total. The van der Waals surface area contributed by atoms with Crippen LogP contribution in [0.3, 0.4) is 0 Å². The number of rotatable bonds is 4. The fourth-order valence-electron chi connectivity index (χ4n) is 2.29. The lowest BCUT2D eigenvalue weighted by Gasteiger charge is -2.13. The van der Waals surface area contributed by atoms with Crippen LogP contribution in [0.4, 0.5) is 4.79 Å². The highest BCUT2D eigenvalue weighted by atomic mass is 32.2. The molecule has 0 saturated heterocycles. The minimum absolute atomic E-state index is 0.133. The SMILES string of the molecule is CC(C)COc1ccc(C2=S(C(=O)O)NCC2C)cc1C#N. The predicted octanol–water partition coefficient (Wildman–Crippen LogP) is 3.21. The largest absolute Gasteiger partial charge is 0.492 e. The number of hydrogen-bond donors (Lipinski definition) is 2.